The molecule has 1 rings (SSSR count). The minimum Gasteiger partial charge on any atom is -0.481 e. The Hall–Kier alpha value is -1.67. The summed E-state index contributed by atoms with van der Waals surface area (Å²) in [7, 11) is 1.46. The number of nitrogens with zero attached hydrogens (tertiary/aromatic N) is 1. The van der Waals surface area contributed by atoms with Gasteiger partial charge in [0.25, 0.3) is 0 Å². The Balaban J connectivity index is 2.60. The van der Waals surface area contributed by atoms with Gasteiger partial charge in [0.05, 0.1) is 25.3 Å². The third kappa shape index (κ3) is 3.90. The van der Waals surface area contributed by atoms with Crippen molar-refractivity contribution < 1.29 is 29.3 Å². The Morgan fingerprint density at radius 3 is 2.53 bits per heavy atom. The van der Waals surface area contributed by atoms with Gasteiger partial charge in [-0.25, -0.2) is 0 Å². The number of likely N-dealkylation sites (N-methyl/N-ethyl adjacent to an activating group) is 1. The number of carbonyl (C=O) groups excluding carboxylic acids is 1. The van der Waals surface area contributed by atoms with Crippen molar-refractivity contribution in [1.29, 1.82) is 0 Å². The molecule has 8 nitrogen and oxygen atoms in total. The van der Waals surface area contributed by atoms with Crippen LogP contribution in [0.4, 0.5) is 0 Å². The molecule has 0 aromatic heterocycles. The van der Waals surface area contributed by atoms with Crippen molar-refractivity contribution in [1.82, 2.24) is 4.90 Å². The van der Waals surface area contributed by atoms with E-state index in [1.54, 1.807) is 0 Å². The smallest absolute Gasteiger partial charge is 0.311 e. The fourth-order valence-electron chi connectivity index (χ4n) is 1.99. The number of hydrogen-bond acceptors (Lipinski definition) is 5. The van der Waals surface area contributed by atoms with Gasteiger partial charge < -0.3 is 25.6 Å². The van der Waals surface area contributed by atoms with Crippen LogP contribution in [0, 0.1) is 5.92 Å². The van der Waals surface area contributed by atoms with E-state index in [1.165, 1.54) is 11.9 Å². The molecule has 0 bridgehead atoms. The zero-order valence-corrected chi connectivity index (χ0v) is 10.6. The normalized spacial score (nSPS) is 23.9. The largest absolute Gasteiger partial charge is 0.481 e. The fourth-order valence-corrected chi connectivity index (χ4v) is 1.99. The maximum atomic E-state index is 12.0. The number of ether oxygens (including phenoxy) is 1. The number of carbonyl (C=O) groups is 3. The molecule has 0 aliphatic carbocycles. The molecule has 1 heterocycles. The van der Waals surface area contributed by atoms with Crippen molar-refractivity contribution in [3.05, 3.63) is 0 Å². The highest BCUT2D eigenvalue weighted by atomic mass is 16.5. The predicted octanol–water partition coefficient (Wildman–Crippen LogP) is -1.26. The molecule has 1 fully saturated rings. The number of hydrogen-bond donors (Lipinski definition) is 3. The predicted molar refractivity (Wildman–Crippen MR) is 63.3 cm³/mol. The molecule has 0 aromatic carbocycles. The van der Waals surface area contributed by atoms with E-state index in [2.05, 4.69) is 0 Å². The van der Waals surface area contributed by atoms with Crippen molar-refractivity contribution in [2.24, 2.45) is 11.7 Å². The van der Waals surface area contributed by atoms with Gasteiger partial charge in [-0.3, -0.25) is 14.4 Å². The van der Waals surface area contributed by atoms with Gasteiger partial charge in [-0.2, -0.15) is 0 Å². The number of carboxylic acid groups (broad SMARTS) is 2. The van der Waals surface area contributed by atoms with E-state index in [4.69, 9.17) is 20.7 Å². The first-order valence-corrected chi connectivity index (χ1v) is 5.89. The second-order valence-corrected chi connectivity index (χ2v) is 4.54. The van der Waals surface area contributed by atoms with Crippen LogP contribution in [0.15, 0.2) is 0 Å². The van der Waals surface area contributed by atoms with Crippen LogP contribution in [-0.2, 0) is 19.1 Å². The van der Waals surface area contributed by atoms with Gasteiger partial charge in [0, 0.05) is 13.5 Å². The van der Waals surface area contributed by atoms with Gasteiger partial charge in [-0.05, 0) is 6.42 Å². The highest BCUT2D eigenvalue weighted by Gasteiger charge is 2.39. The summed E-state index contributed by atoms with van der Waals surface area (Å²) in [5.74, 6) is -3.30. The van der Waals surface area contributed by atoms with Crippen LogP contribution in [0.2, 0.25) is 0 Å². The van der Waals surface area contributed by atoms with Crippen LogP contribution in [0.1, 0.15) is 12.8 Å². The van der Waals surface area contributed by atoms with Crippen LogP contribution in [0.3, 0.4) is 0 Å². The van der Waals surface area contributed by atoms with E-state index in [9.17, 15) is 14.4 Å². The van der Waals surface area contributed by atoms with E-state index in [0.717, 1.165) is 0 Å². The van der Waals surface area contributed by atoms with Crippen molar-refractivity contribution in [3.8, 4) is 0 Å². The van der Waals surface area contributed by atoms with Gasteiger partial charge in [-0.15, -0.1) is 0 Å². The lowest BCUT2D eigenvalue weighted by atomic mass is 10.0. The van der Waals surface area contributed by atoms with E-state index in [0.29, 0.717) is 0 Å². The maximum Gasteiger partial charge on any atom is 0.311 e. The molecule has 1 aliphatic heterocycles. The lowest BCUT2D eigenvalue weighted by Crippen LogP contribution is -2.50. The summed E-state index contributed by atoms with van der Waals surface area (Å²) in [5.41, 5.74) is 5.61. The molecule has 4 N–H and O–H groups in total. The SMILES string of the molecule is CN(C(=O)C(N)CCC(=O)O)C1COCC1C(=O)O. The molecule has 0 aromatic rings. The van der Waals surface area contributed by atoms with Crippen molar-refractivity contribution in [2.45, 2.75) is 24.9 Å². The molecule has 1 saturated heterocycles. The molecule has 19 heavy (non-hydrogen) atoms. The van der Waals surface area contributed by atoms with Crippen LogP contribution in [-0.4, -0.2) is 65.3 Å². The van der Waals surface area contributed by atoms with Gasteiger partial charge in [0.2, 0.25) is 5.91 Å². The lowest BCUT2D eigenvalue weighted by Gasteiger charge is -2.28. The number of amides is 1. The molecule has 0 spiro atoms. The Morgan fingerprint density at radius 2 is 2.00 bits per heavy atom. The third-order valence-electron chi connectivity index (χ3n) is 3.20. The molecule has 0 radical (unpaired) electrons. The van der Waals surface area contributed by atoms with Crippen LogP contribution < -0.4 is 5.73 Å². The zero-order chi connectivity index (χ0) is 14.6. The van der Waals surface area contributed by atoms with Crippen LogP contribution in [0.5, 0.6) is 0 Å². The van der Waals surface area contributed by atoms with E-state index in [1.807, 2.05) is 0 Å². The molecular weight excluding hydrogens is 256 g/mol. The summed E-state index contributed by atoms with van der Waals surface area (Å²) in [6, 6.07) is -1.52. The van der Waals surface area contributed by atoms with Crippen molar-refractivity contribution in [2.75, 3.05) is 20.3 Å². The van der Waals surface area contributed by atoms with Crippen molar-refractivity contribution in [3.63, 3.8) is 0 Å². The van der Waals surface area contributed by atoms with Gasteiger partial charge in [-0.1, -0.05) is 0 Å². The average molecular weight is 274 g/mol. The lowest BCUT2D eigenvalue weighted by molar-refractivity contribution is -0.144. The van der Waals surface area contributed by atoms with Crippen molar-refractivity contribution >= 4 is 17.8 Å². The molecule has 1 aliphatic rings. The summed E-state index contributed by atoms with van der Waals surface area (Å²) in [5, 5.41) is 17.5. The first kappa shape index (κ1) is 15.4. The first-order valence-electron chi connectivity index (χ1n) is 5.89. The van der Waals surface area contributed by atoms with E-state index >= 15 is 0 Å². The van der Waals surface area contributed by atoms with Crippen LogP contribution >= 0.6 is 0 Å². The van der Waals surface area contributed by atoms with E-state index in [-0.39, 0.29) is 26.1 Å². The Morgan fingerprint density at radius 1 is 1.37 bits per heavy atom. The minimum atomic E-state index is -1.03. The molecule has 108 valence electrons. The average Bonchev–Trinajstić information content (AvgIpc) is 2.83. The molecule has 0 saturated carbocycles. The Kier molecular flexibility index (Phi) is 5.25. The highest BCUT2D eigenvalue weighted by Crippen LogP contribution is 2.19. The minimum absolute atomic E-state index is 0.0177. The third-order valence-corrected chi connectivity index (χ3v) is 3.20. The topological polar surface area (TPSA) is 130 Å². The van der Waals surface area contributed by atoms with Gasteiger partial charge >= 0.3 is 11.9 Å². The Labute approximate surface area is 110 Å². The van der Waals surface area contributed by atoms with Crippen LogP contribution in [0.25, 0.3) is 0 Å². The standard InChI is InChI=1S/C11H18N2O6/c1-13(8-5-19-4-6(8)11(17)18)10(16)7(12)2-3-9(14)15/h6-8H,2-5,12H2,1H3,(H,14,15)(H,17,18). The monoisotopic (exact) mass is 274 g/mol. The zero-order valence-electron chi connectivity index (χ0n) is 10.6. The molecule has 3 unspecified atom stereocenters. The maximum absolute atomic E-state index is 12.0. The van der Waals surface area contributed by atoms with E-state index < -0.39 is 35.8 Å². The summed E-state index contributed by atoms with van der Waals surface area (Å²) in [4.78, 5) is 34.6. The summed E-state index contributed by atoms with van der Waals surface area (Å²) < 4.78 is 5.07. The summed E-state index contributed by atoms with van der Waals surface area (Å²) >= 11 is 0. The summed E-state index contributed by atoms with van der Waals surface area (Å²) in [6.07, 6.45) is -0.186. The highest BCUT2D eigenvalue weighted by molar-refractivity contribution is 5.83. The quantitative estimate of drug-likeness (QED) is 0.550. The number of carboxylic acids is 2. The second-order valence-electron chi connectivity index (χ2n) is 4.54. The van der Waals surface area contributed by atoms with Gasteiger partial charge in [0.1, 0.15) is 5.92 Å². The molecule has 1 amide bonds. The number of nitrogens with two attached hydrogens (primary N) is 1. The second kappa shape index (κ2) is 6.48. The molecular formula is C11H18N2O6. The number of aliphatic carboxylic acids is 2. The summed E-state index contributed by atoms with van der Waals surface area (Å²) in [6.45, 7) is 0.201. The number of rotatable bonds is 6. The first-order chi connectivity index (χ1) is 8.84. The molecule has 8 heteroatoms. The molecule has 3 atom stereocenters. The van der Waals surface area contributed by atoms with Gasteiger partial charge in [0.15, 0.2) is 0 Å². The fraction of sp³-hybridized carbons (Fsp3) is 0.727. The Bertz CT molecular complexity index is 372.